The van der Waals surface area contributed by atoms with Crippen molar-refractivity contribution in [3.05, 3.63) is 23.8 Å². The molecule has 0 fully saturated rings. The number of sulfonamides is 1. The minimum absolute atomic E-state index is 0.00613. The predicted molar refractivity (Wildman–Crippen MR) is 58.2 cm³/mol. The molecule has 0 aliphatic carbocycles. The summed E-state index contributed by atoms with van der Waals surface area (Å²) in [6.07, 6.45) is 0. The maximum absolute atomic E-state index is 11.4. The van der Waals surface area contributed by atoms with Crippen LogP contribution in [0.2, 0.25) is 0 Å². The molecule has 0 spiro atoms. The molecule has 0 heterocycles. The van der Waals surface area contributed by atoms with E-state index in [1.807, 2.05) is 0 Å². The Kier molecular flexibility index (Phi) is 3.51. The van der Waals surface area contributed by atoms with Crippen molar-refractivity contribution in [2.24, 2.45) is 5.14 Å². The third-order valence-corrected chi connectivity index (χ3v) is 2.76. The van der Waals surface area contributed by atoms with E-state index in [9.17, 15) is 13.2 Å². The van der Waals surface area contributed by atoms with E-state index in [-0.39, 0.29) is 22.8 Å². The lowest BCUT2D eigenvalue weighted by Gasteiger charge is -2.06. The predicted octanol–water partition coefficient (Wildman–Crippen LogP) is 0.0929. The van der Waals surface area contributed by atoms with Gasteiger partial charge in [-0.3, -0.25) is 0 Å². The second kappa shape index (κ2) is 4.50. The van der Waals surface area contributed by atoms with Gasteiger partial charge in [-0.05, 0) is 25.1 Å². The van der Waals surface area contributed by atoms with Crippen LogP contribution in [0.25, 0.3) is 0 Å². The van der Waals surface area contributed by atoms with Crippen LogP contribution < -0.4 is 10.9 Å². The molecular formula is C9H12N2O4S. The smallest absolute Gasteiger partial charge is 0.340 e. The first-order valence-corrected chi connectivity index (χ1v) is 6.00. The van der Waals surface area contributed by atoms with Crippen molar-refractivity contribution in [1.29, 1.82) is 0 Å². The molecule has 16 heavy (non-hydrogen) atoms. The lowest BCUT2D eigenvalue weighted by molar-refractivity contribution is 0.0527. The first-order chi connectivity index (χ1) is 7.36. The van der Waals surface area contributed by atoms with Crippen LogP contribution in [0.1, 0.15) is 17.3 Å². The van der Waals surface area contributed by atoms with Gasteiger partial charge in [0.05, 0.1) is 17.1 Å². The normalized spacial score (nSPS) is 11.1. The number of nitrogen functional groups attached to an aromatic ring is 1. The third kappa shape index (κ3) is 2.71. The third-order valence-electron chi connectivity index (χ3n) is 1.85. The maximum Gasteiger partial charge on any atom is 0.340 e. The minimum atomic E-state index is -3.85. The molecule has 1 rings (SSSR count). The Bertz CT molecular complexity index is 510. The van der Waals surface area contributed by atoms with Crippen LogP contribution in [0, 0.1) is 0 Å². The SMILES string of the molecule is CCOC(=O)c1cc(S(N)(=O)=O)ccc1N. The average Bonchev–Trinajstić information content (AvgIpc) is 2.16. The van der Waals surface area contributed by atoms with Gasteiger partial charge in [0.15, 0.2) is 0 Å². The van der Waals surface area contributed by atoms with E-state index in [1.165, 1.54) is 12.1 Å². The quantitative estimate of drug-likeness (QED) is 0.578. The van der Waals surface area contributed by atoms with Crippen molar-refractivity contribution in [2.75, 3.05) is 12.3 Å². The van der Waals surface area contributed by atoms with Gasteiger partial charge in [-0.2, -0.15) is 0 Å². The summed E-state index contributed by atoms with van der Waals surface area (Å²) in [5.41, 5.74) is 5.67. The summed E-state index contributed by atoms with van der Waals surface area (Å²) in [5, 5.41) is 4.93. The fourth-order valence-corrected chi connectivity index (χ4v) is 1.64. The molecule has 0 aromatic heterocycles. The molecule has 0 bridgehead atoms. The molecule has 0 amide bonds. The molecule has 0 atom stereocenters. The van der Waals surface area contributed by atoms with Crippen LogP contribution in [0.15, 0.2) is 23.1 Å². The van der Waals surface area contributed by atoms with Gasteiger partial charge >= 0.3 is 5.97 Å². The van der Waals surface area contributed by atoms with Gasteiger partial charge in [0.25, 0.3) is 0 Å². The van der Waals surface area contributed by atoms with Crippen molar-refractivity contribution in [3.63, 3.8) is 0 Å². The first kappa shape index (κ1) is 12.5. The fourth-order valence-electron chi connectivity index (χ4n) is 1.10. The Balaban J connectivity index is 3.24. The van der Waals surface area contributed by atoms with Crippen LogP contribution in [-0.4, -0.2) is 21.0 Å². The average molecular weight is 244 g/mol. The molecular weight excluding hydrogens is 232 g/mol. The highest BCUT2D eigenvalue weighted by molar-refractivity contribution is 7.89. The summed E-state index contributed by atoms with van der Waals surface area (Å²) >= 11 is 0. The number of hydrogen-bond donors (Lipinski definition) is 2. The van der Waals surface area contributed by atoms with E-state index in [2.05, 4.69) is 0 Å². The highest BCUT2D eigenvalue weighted by atomic mass is 32.2. The van der Waals surface area contributed by atoms with Crippen LogP contribution >= 0.6 is 0 Å². The van der Waals surface area contributed by atoms with Crippen molar-refractivity contribution >= 4 is 21.7 Å². The van der Waals surface area contributed by atoms with E-state index in [1.54, 1.807) is 6.92 Å². The van der Waals surface area contributed by atoms with Crippen molar-refractivity contribution in [2.45, 2.75) is 11.8 Å². The van der Waals surface area contributed by atoms with Crippen LogP contribution in [0.5, 0.6) is 0 Å². The zero-order valence-corrected chi connectivity index (χ0v) is 9.45. The summed E-state index contributed by atoms with van der Waals surface area (Å²) < 4.78 is 26.8. The number of hydrogen-bond acceptors (Lipinski definition) is 5. The molecule has 88 valence electrons. The van der Waals surface area contributed by atoms with E-state index in [0.29, 0.717) is 0 Å². The minimum Gasteiger partial charge on any atom is -0.462 e. The maximum atomic E-state index is 11.4. The van der Waals surface area contributed by atoms with Gasteiger partial charge in [0.1, 0.15) is 0 Å². The Morgan fingerprint density at radius 2 is 2.06 bits per heavy atom. The molecule has 6 nitrogen and oxygen atoms in total. The Morgan fingerprint density at radius 3 is 2.56 bits per heavy atom. The Hall–Kier alpha value is -1.60. The number of ether oxygens (including phenoxy) is 1. The second-order valence-corrected chi connectivity index (χ2v) is 4.58. The topological polar surface area (TPSA) is 112 Å². The Labute approximate surface area is 93.2 Å². The number of nitrogens with two attached hydrogens (primary N) is 2. The zero-order chi connectivity index (χ0) is 12.3. The van der Waals surface area contributed by atoms with Gasteiger partial charge in [-0.25, -0.2) is 18.4 Å². The summed E-state index contributed by atoms with van der Waals surface area (Å²) in [6, 6.07) is 3.63. The zero-order valence-electron chi connectivity index (χ0n) is 8.64. The van der Waals surface area contributed by atoms with E-state index >= 15 is 0 Å². The van der Waals surface area contributed by atoms with E-state index < -0.39 is 16.0 Å². The second-order valence-electron chi connectivity index (χ2n) is 3.01. The summed E-state index contributed by atoms with van der Waals surface area (Å²) in [7, 11) is -3.85. The molecule has 0 saturated heterocycles. The highest BCUT2D eigenvalue weighted by Gasteiger charge is 2.15. The van der Waals surface area contributed by atoms with Crippen molar-refractivity contribution in [3.8, 4) is 0 Å². The van der Waals surface area contributed by atoms with Gasteiger partial charge in [0.2, 0.25) is 10.0 Å². The monoisotopic (exact) mass is 244 g/mol. The number of esters is 1. The first-order valence-electron chi connectivity index (χ1n) is 4.45. The molecule has 0 aliphatic rings. The number of carbonyl (C=O) groups is 1. The molecule has 1 aromatic rings. The van der Waals surface area contributed by atoms with E-state index in [4.69, 9.17) is 15.6 Å². The molecule has 0 unspecified atom stereocenters. The largest absolute Gasteiger partial charge is 0.462 e. The lowest BCUT2D eigenvalue weighted by Crippen LogP contribution is -2.14. The standard InChI is InChI=1S/C9H12N2O4S/c1-2-15-9(12)7-5-6(16(11,13)14)3-4-8(7)10/h3-5H,2,10H2,1H3,(H2,11,13,14). The fraction of sp³-hybridized carbons (Fsp3) is 0.222. The molecule has 7 heteroatoms. The van der Waals surface area contributed by atoms with E-state index in [0.717, 1.165) is 6.07 Å². The van der Waals surface area contributed by atoms with Crippen LogP contribution in [0.3, 0.4) is 0 Å². The summed E-state index contributed by atoms with van der Waals surface area (Å²) in [6.45, 7) is 1.81. The number of primary sulfonamides is 1. The van der Waals surface area contributed by atoms with Crippen LogP contribution in [-0.2, 0) is 14.8 Å². The molecule has 0 radical (unpaired) electrons. The molecule has 0 saturated carbocycles. The van der Waals surface area contributed by atoms with Crippen LogP contribution in [0.4, 0.5) is 5.69 Å². The highest BCUT2D eigenvalue weighted by Crippen LogP contribution is 2.17. The summed E-state index contributed by atoms with van der Waals surface area (Å²) in [4.78, 5) is 11.2. The lowest BCUT2D eigenvalue weighted by atomic mass is 10.2. The van der Waals surface area contributed by atoms with Crippen molar-refractivity contribution in [1.82, 2.24) is 0 Å². The van der Waals surface area contributed by atoms with Gasteiger partial charge in [-0.1, -0.05) is 0 Å². The number of anilines is 1. The van der Waals surface area contributed by atoms with Crippen molar-refractivity contribution < 1.29 is 17.9 Å². The molecule has 0 aliphatic heterocycles. The number of carbonyl (C=O) groups excluding carboxylic acids is 1. The Morgan fingerprint density at radius 1 is 1.44 bits per heavy atom. The molecule has 1 aromatic carbocycles. The summed E-state index contributed by atoms with van der Waals surface area (Å²) in [5.74, 6) is -0.675. The molecule has 4 N–H and O–H groups in total. The van der Waals surface area contributed by atoms with Gasteiger partial charge in [-0.15, -0.1) is 0 Å². The number of benzene rings is 1. The van der Waals surface area contributed by atoms with Gasteiger partial charge < -0.3 is 10.5 Å². The number of rotatable bonds is 3. The van der Waals surface area contributed by atoms with Gasteiger partial charge in [0, 0.05) is 5.69 Å².